The summed E-state index contributed by atoms with van der Waals surface area (Å²) >= 11 is 0. The minimum absolute atomic E-state index is 0.874. The van der Waals surface area contributed by atoms with Crippen LogP contribution < -0.4 is 10.6 Å². The Labute approximate surface area is 114 Å². The maximum Gasteiger partial charge on any atom is 0.0432 e. The summed E-state index contributed by atoms with van der Waals surface area (Å²) in [4.78, 5) is 2.46. The summed E-state index contributed by atoms with van der Waals surface area (Å²) in [7, 11) is 0. The van der Waals surface area contributed by atoms with Crippen LogP contribution in [0.4, 0.5) is 11.4 Å². The van der Waals surface area contributed by atoms with E-state index in [1.54, 1.807) is 0 Å². The number of anilines is 2. The molecule has 1 heterocycles. The van der Waals surface area contributed by atoms with Gasteiger partial charge in [0.15, 0.2) is 0 Å². The zero-order chi connectivity index (χ0) is 13.2. The van der Waals surface area contributed by atoms with Crippen molar-refractivity contribution in [1.29, 1.82) is 0 Å². The quantitative estimate of drug-likeness (QED) is 0.787. The molecule has 0 spiro atoms. The van der Waals surface area contributed by atoms with Gasteiger partial charge in [-0.25, -0.2) is 0 Å². The van der Waals surface area contributed by atoms with Crippen molar-refractivity contribution in [2.45, 2.75) is 26.3 Å². The van der Waals surface area contributed by atoms with Crippen molar-refractivity contribution in [1.82, 2.24) is 0 Å². The molecule has 0 aromatic heterocycles. The Bertz CT molecular complexity index is 590. The van der Waals surface area contributed by atoms with Crippen molar-refractivity contribution >= 4 is 11.4 Å². The summed E-state index contributed by atoms with van der Waals surface area (Å²) in [5, 5.41) is 0. The molecule has 0 atom stereocenters. The van der Waals surface area contributed by atoms with Gasteiger partial charge in [0.05, 0.1) is 0 Å². The molecule has 19 heavy (non-hydrogen) atoms. The average molecular weight is 252 g/mol. The molecule has 2 aromatic rings. The van der Waals surface area contributed by atoms with Crippen molar-refractivity contribution in [3.8, 4) is 0 Å². The molecule has 0 saturated carbocycles. The van der Waals surface area contributed by atoms with E-state index >= 15 is 0 Å². The van der Waals surface area contributed by atoms with Crippen LogP contribution in [0, 0.1) is 6.92 Å². The molecule has 0 unspecified atom stereocenters. The molecule has 2 heteroatoms. The Balaban J connectivity index is 1.92. The lowest BCUT2D eigenvalue weighted by molar-refractivity contribution is 0.766. The van der Waals surface area contributed by atoms with Crippen molar-refractivity contribution in [2.75, 3.05) is 17.2 Å². The van der Waals surface area contributed by atoms with Gasteiger partial charge < -0.3 is 10.6 Å². The number of benzene rings is 2. The molecule has 1 aliphatic rings. The molecule has 1 aliphatic heterocycles. The number of hydrogen-bond donors (Lipinski definition) is 1. The van der Waals surface area contributed by atoms with Gasteiger partial charge in [-0.15, -0.1) is 0 Å². The minimum atomic E-state index is 0.874. The van der Waals surface area contributed by atoms with Crippen LogP contribution in [0.15, 0.2) is 42.5 Å². The fourth-order valence-corrected chi connectivity index (χ4v) is 2.78. The lowest BCUT2D eigenvalue weighted by Crippen LogP contribution is -2.22. The van der Waals surface area contributed by atoms with Gasteiger partial charge in [0.25, 0.3) is 0 Å². The van der Waals surface area contributed by atoms with Gasteiger partial charge in [0.1, 0.15) is 0 Å². The van der Waals surface area contributed by atoms with Crippen LogP contribution in [0.5, 0.6) is 0 Å². The Kier molecular flexibility index (Phi) is 3.16. The third-order valence-electron chi connectivity index (χ3n) is 3.97. The van der Waals surface area contributed by atoms with E-state index in [4.69, 9.17) is 5.73 Å². The number of aryl methyl sites for hydroxylation is 2. The summed E-state index contributed by atoms with van der Waals surface area (Å²) in [5.41, 5.74) is 12.2. The minimum Gasteiger partial charge on any atom is -0.399 e. The Hall–Kier alpha value is -1.96. The highest BCUT2D eigenvalue weighted by Gasteiger charge is 2.14. The molecule has 98 valence electrons. The highest BCUT2D eigenvalue weighted by Crippen LogP contribution is 2.26. The summed E-state index contributed by atoms with van der Waals surface area (Å²) in [5.74, 6) is 0. The molecule has 2 N–H and O–H groups in total. The van der Waals surface area contributed by atoms with Crippen LogP contribution in [-0.4, -0.2) is 6.54 Å². The van der Waals surface area contributed by atoms with Crippen molar-refractivity contribution in [2.24, 2.45) is 0 Å². The second-order valence-electron chi connectivity index (χ2n) is 5.33. The average Bonchev–Trinajstić information content (AvgIpc) is 2.64. The first-order valence-electron chi connectivity index (χ1n) is 6.92. The van der Waals surface area contributed by atoms with Gasteiger partial charge in [0, 0.05) is 24.5 Å². The van der Waals surface area contributed by atoms with E-state index in [9.17, 15) is 0 Å². The molecular formula is C17H20N2. The van der Waals surface area contributed by atoms with Gasteiger partial charge >= 0.3 is 0 Å². The van der Waals surface area contributed by atoms with Crippen molar-refractivity contribution in [3.05, 3.63) is 59.2 Å². The predicted octanol–water partition coefficient (Wildman–Crippen LogP) is 3.53. The van der Waals surface area contributed by atoms with Gasteiger partial charge in [-0.05, 0) is 54.7 Å². The van der Waals surface area contributed by atoms with Crippen LogP contribution >= 0.6 is 0 Å². The van der Waals surface area contributed by atoms with Crippen LogP contribution in [0.2, 0.25) is 0 Å². The van der Waals surface area contributed by atoms with E-state index < -0.39 is 0 Å². The van der Waals surface area contributed by atoms with Crippen molar-refractivity contribution < 1.29 is 0 Å². The van der Waals surface area contributed by atoms with Crippen LogP contribution in [0.25, 0.3) is 0 Å². The first-order valence-corrected chi connectivity index (χ1v) is 6.92. The lowest BCUT2D eigenvalue weighted by atomic mass is 10.0. The van der Waals surface area contributed by atoms with Gasteiger partial charge in [-0.1, -0.05) is 24.3 Å². The number of nitrogen functional groups attached to an aromatic ring is 1. The number of nitrogens with zero attached hydrogens (tertiary/aromatic N) is 1. The third-order valence-corrected chi connectivity index (χ3v) is 3.97. The molecule has 3 rings (SSSR count). The lowest BCUT2D eigenvalue weighted by Gasteiger charge is -2.24. The highest BCUT2D eigenvalue weighted by atomic mass is 15.1. The summed E-state index contributed by atoms with van der Waals surface area (Å²) < 4.78 is 0. The monoisotopic (exact) mass is 252 g/mol. The standard InChI is InChI=1S/C17H20N2/c1-13-11-16(8-9-17(13)18)19-10-4-7-14-5-2-3-6-15(14)12-19/h2-3,5-6,8-9,11H,4,7,10,12,18H2,1H3. The second kappa shape index (κ2) is 4.96. The topological polar surface area (TPSA) is 29.3 Å². The van der Waals surface area contributed by atoms with Crippen molar-refractivity contribution in [3.63, 3.8) is 0 Å². The number of hydrogen-bond acceptors (Lipinski definition) is 2. The first-order chi connectivity index (χ1) is 9.24. The SMILES string of the molecule is Cc1cc(N2CCCc3ccccc3C2)ccc1N. The van der Waals surface area contributed by atoms with Crippen LogP contribution in [0.3, 0.4) is 0 Å². The van der Waals surface area contributed by atoms with Gasteiger partial charge in [0.2, 0.25) is 0 Å². The fraction of sp³-hybridized carbons (Fsp3) is 0.294. The van der Waals surface area contributed by atoms with Gasteiger partial charge in [-0.2, -0.15) is 0 Å². The Morgan fingerprint density at radius 2 is 1.84 bits per heavy atom. The van der Waals surface area contributed by atoms with E-state index in [1.807, 2.05) is 6.07 Å². The van der Waals surface area contributed by atoms with E-state index in [0.717, 1.165) is 24.3 Å². The number of fused-ring (bicyclic) bond motifs is 1. The molecule has 2 nitrogen and oxygen atoms in total. The van der Waals surface area contributed by atoms with Crippen LogP contribution in [0.1, 0.15) is 23.1 Å². The first kappa shape index (κ1) is 12.1. The number of nitrogens with two attached hydrogens (primary N) is 1. The predicted molar refractivity (Wildman–Crippen MR) is 81.4 cm³/mol. The second-order valence-corrected chi connectivity index (χ2v) is 5.33. The molecule has 0 fully saturated rings. The summed E-state index contributed by atoms with van der Waals surface area (Å²) in [6.45, 7) is 4.18. The largest absolute Gasteiger partial charge is 0.399 e. The summed E-state index contributed by atoms with van der Waals surface area (Å²) in [6, 6.07) is 15.1. The Morgan fingerprint density at radius 3 is 2.63 bits per heavy atom. The van der Waals surface area contributed by atoms with E-state index in [2.05, 4.69) is 48.2 Å². The van der Waals surface area contributed by atoms with Gasteiger partial charge in [-0.3, -0.25) is 0 Å². The molecule has 0 saturated heterocycles. The maximum absolute atomic E-state index is 5.91. The zero-order valence-electron chi connectivity index (χ0n) is 11.4. The molecule has 0 amide bonds. The normalized spacial score (nSPS) is 14.9. The molecule has 0 bridgehead atoms. The number of rotatable bonds is 1. The fourth-order valence-electron chi connectivity index (χ4n) is 2.78. The highest BCUT2D eigenvalue weighted by molar-refractivity contribution is 5.58. The zero-order valence-corrected chi connectivity index (χ0v) is 11.4. The molecule has 0 radical (unpaired) electrons. The summed E-state index contributed by atoms with van der Waals surface area (Å²) in [6.07, 6.45) is 2.39. The van der Waals surface area contributed by atoms with E-state index in [-0.39, 0.29) is 0 Å². The molecule has 2 aromatic carbocycles. The molecule has 0 aliphatic carbocycles. The Morgan fingerprint density at radius 1 is 1.05 bits per heavy atom. The third kappa shape index (κ3) is 2.43. The molecular weight excluding hydrogens is 232 g/mol. The smallest absolute Gasteiger partial charge is 0.0432 e. The maximum atomic E-state index is 5.91. The van der Waals surface area contributed by atoms with E-state index in [0.29, 0.717) is 0 Å². The van der Waals surface area contributed by atoms with Crippen LogP contribution in [-0.2, 0) is 13.0 Å². The van der Waals surface area contributed by atoms with E-state index in [1.165, 1.54) is 29.7 Å².